The highest BCUT2D eigenvalue weighted by Gasteiger charge is 2.14. The van der Waals surface area contributed by atoms with Crippen molar-refractivity contribution < 1.29 is 23.8 Å². The minimum Gasteiger partial charge on any atom is -0.491 e. The van der Waals surface area contributed by atoms with E-state index in [1.54, 1.807) is 0 Å². The minimum atomic E-state index is -0.887. The first kappa shape index (κ1) is 14.9. The van der Waals surface area contributed by atoms with Gasteiger partial charge in [0, 0.05) is 6.07 Å². The van der Waals surface area contributed by atoms with E-state index < -0.39 is 17.9 Å². The highest BCUT2D eigenvalue weighted by atomic mass is 19.1. The number of aliphatic hydroxyl groups is 1. The van der Waals surface area contributed by atoms with Crippen molar-refractivity contribution in [1.82, 2.24) is 20.2 Å². The van der Waals surface area contributed by atoms with Crippen LogP contribution in [0.2, 0.25) is 0 Å². The molecule has 0 spiro atoms. The van der Waals surface area contributed by atoms with E-state index in [1.165, 1.54) is 30.4 Å². The van der Waals surface area contributed by atoms with E-state index in [2.05, 4.69) is 20.1 Å². The Bertz CT molecular complexity index is 605. The zero-order chi connectivity index (χ0) is 15.2. The van der Waals surface area contributed by atoms with Crippen LogP contribution in [0.25, 0.3) is 0 Å². The molecule has 0 fully saturated rings. The van der Waals surface area contributed by atoms with Crippen LogP contribution in [0.1, 0.15) is 10.4 Å². The molecule has 1 aromatic carbocycles. The third-order valence-corrected chi connectivity index (χ3v) is 2.55. The Labute approximate surface area is 119 Å². The summed E-state index contributed by atoms with van der Waals surface area (Å²) in [5.41, 5.74) is -0.183. The molecule has 1 aromatic heterocycles. The molecule has 0 aliphatic heterocycles. The number of hydrogen-bond acceptors (Lipinski definition) is 7. The summed E-state index contributed by atoms with van der Waals surface area (Å²) in [7, 11) is 1.17. The lowest BCUT2D eigenvalue weighted by Gasteiger charge is -2.12. The third kappa shape index (κ3) is 3.96. The van der Waals surface area contributed by atoms with Gasteiger partial charge in [0.1, 0.15) is 24.3 Å². The molecule has 21 heavy (non-hydrogen) atoms. The number of benzene rings is 1. The Morgan fingerprint density at radius 2 is 2.33 bits per heavy atom. The maximum Gasteiger partial charge on any atom is 0.340 e. The van der Waals surface area contributed by atoms with Crippen LogP contribution in [0.4, 0.5) is 4.39 Å². The van der Waals surface area contributed by atoms with E-state index in [9.17, 15) is 14.3 Å². The number of aromatic nitrogens is 4. The first-order valence-electron chi connectivity index (χ1n) is 5.99. The number of carbonyl (C=O) groups excluding carboxylic acids is 1. The van der Waals surface area contributed by atoms with Crippen molar-refractivity contribution in [2.75, 3.05) is 13.7 Å². The van der Waals surface area contributed by atoms with Gasteiger partial charge in [0.25, 0.3) is 0 Å². The zero-order valence-corrected chi connectivity index (χ0v) is 11.1. The number of hydrogen-bond donors (Lipinski definition) is 1. The fourth-order valence-electron chi connectivity index (χ4n) is 1.57. The number of carbonyl (C=O) groups is 1. The maximum atomic E-state index is 13.6. The molecule has 0 saturated carbocycles. The van der Waals surface area contributed by atoms with Gasteiger partial charge in [0.05, 0.1) is 19.2 Å². The zero-order valence-electron chi connectivity index (χ0n) is 11.1. The van der Waals surface area contributed by atoms with Crippen molar-refractivity contribution in [3.05, 3.63) is 35.9 Å². The molecular weight excluding hydrogens is 283 g/mol. The lowest BCUT2D eigenvalue weighted by molar-refractivity contribution is 0.0594. The second-order valence-electron chi connectivity index (χ2n) is 4.09. The summed E-state index contributed by atoms with van der Waals surface area (Å²) in [6.07, 6.45) is 0.358. The molecule has 9 heteroatoms. The van der Waals surface area contributed by atoms with Crippen molar-refractivity contribution in [2.24, 2.45) is 0 Å². The number of esters is 1. The molecule has 2 aromatic rings. The molecule has 0 aliphatic carbocycles. The first-order valence-corrected chi connectivity index (χ1v) is 5.99. The van der Waals surface area contributed by atoms with Crippen molar-refractivity contribution in [1.29, 1.82) is 0 Å². The lowest BCUT2D eigenvalue weighted by atomic mass is 10.2. The highest BCUT2D eigenvalue weighted by molar-refractivity contribution is 5.89. The van der Waals surface area contributed by atoms with Gasteiger partial charge < -0.3 is 14.6 Å². The van der Waals surface area contributed by atoms with Crippen LogP contribution in [0.3, 0.4) is 0 Å². The Morgan fingerprint density at radius 1 is 1.52 bits per heavy atom. The average Bonchev–Trinajstić information content (AvgIpc) is 2.97. The number of tetrazole rings is 1. The molecule has 0 radical (unpaired) electrons. The summed E-state index contributed by atoms with van der Waals surface area (Å²) in [5.74, 6) is -1.34. The summed E-state index contributed by atoms with van der Waals surface area (Å²) in [6.45, 7) is 0.0152. The van der Waals surface area contributed by atoms with E-state index in [-0.39, 0.29) is 24.5 Å². The molecule has 0 saturated heterocycles. The smallest absolute Gasteiger partial charge is 0.340 e. The first-order chi connectivity index (χ1) is 10.1. The summed E-state index contributed by atoms with van der Waals surface area (Å²) in [5, 5.41) is 20.5. The standard InChI is InChI=1S/C12H13FN4O4/c1-20-12(19)10-3-2-9(4-11(10)13)21-6-8(18)5-17-15-7-14-16-17/h2-4,7-8,18H,5-6H2,1H3/t8-/m1/s1. The summed E-state index contributed by atoms with van der Waals surface area (Å²) < 4.78 is 23.3. The molecule has 0 bridgehead atoms. The van der Waals surface area contributed by atoms with Crippen LogP contribution in [-0.2, 0) is 11.3 Å². The van der Waals surface area contributed by atoms with E-state index in [4.69, 9.17) is 4.74 Å². The molecule has 2 rings (SSSR count). The Kier molecular flexibility index (Phi) is 4.77. The van der Waals surface area contributed by atoms with Crippen LogP contribution >= 0.6 is 0 Å². The number of halogens is 1. The fraction of sp³-hybridized carbons (Fsp3) is 0.333. The van der Waals surface area contributed by atoms with Crippen LogP contribution in [0.5, 0.6) is 5.75 Å². The molecule has 8 nitrogen and oxygen atoms in total. The largest absolute Gasteiger partial charge is 0.491 e. The number of ether oxygens (including phenoxy) is 2. The van der Waals surface area contributed by atoms with Gasteiger partial charge in [-0.1, -0.05) is 0 Å². The normalized spacial score (nSPS) is 12.0. The monoisotopic (exact) mass is 296 g/mol. The predicted octanol–water partition coefficient (Wildman–Crippen LogP) is 0.0387. The molecule has 1 N–H and O–H groups in total. The van der Waals surface area contributed by atoms with Crippen LogP contribution < -0.4 is 4.74 Å². The number of rotatable bonds is 6. The molecule has 112 valence electrons. The minimum absolute atomic E-state index is 0.0848. The van der Waals surface area contributed by atoms with Crippen molar-refractivity contribution in [3.8, 4) is 5.75 Å². The van der Waals surface area contributed by atoms with E-state index in [0.29, 0.717) is 0 Å². The maximum absolute atomic E-state index is 13.6. The van der Waals surface area contributed by atoms with Gasteiger partial charge in [0.15, 0.2) is 6.33 Å². The molecule has 0 amide bonds. The second-order valence-corrected chi connectivity index (χ2v) is 4.09. The van der Waals surface area contributed by atoms with Crippen molar-refractivity contribution in [2.45, 2.75) is 12.6 Å². The van der Waals surface area contributed by atoms with Gasteiger partial charge in [-0.15, -0.1) is 10.2 Å². The third-order valence-electron chi connectivity index (χ3n) is 2.55. The van der Waals surface area contributed by atoms with Gasteiger partial charge >= 0.3 is 5.97 Å². The number of methoxy groups -OCH3 is 1. The van der Waals surface area contributed by atoms with Gasteiger partial charge in [-0.3, -0.25) is 0 Å². The van der Waals surface area contributed by atoms with Gasteiger partial charge in [-0.2, -0.15) is 4.80 Å². The number of nitrogens with zero attached hydrogens (tertiary/aromatic N) is 4. The second kappa shape index (κ2) is 6.75. The van der Waals surface area contributed by atoms with Crippen molar-refractivity contribution in [3.63, 3.8) is 0 Å². The summed E-state index contributed by atoms with van der Waals surface area (Å²) in [4.78, 5) is 12.4. The Hall–Kier alpha value is -2.55. The van der Waals surface area contributed by atoms with Gasteiger partial charge in [-0.05, 0) is 17.3 Å². The summed E-state index contributed by atoms with van der Waals surface area (Å²) >= 11 is 0. The van der Waals surface area contributed by atoms with Crippen LogP contribution in [0.15, 0.2) is 24.5 Å². The van der Waals surface area contributed by atoms with Gasteiger partial charge in [0.2, 0.25) is 0 Å². The number of aliphatic hydroxyl groups excluding tert-OH is 1. The molecule has 1 atom stereocenters. The SMILES string of the molecule is COC(=O)c1ccc(OC[C@H](O)Cn2ncnn2)cc1F. The Balaban J connectivity index is 1.91. The van der Waals surface area contributed by atoms with Crippen LogP contribution in [-0.4, -0.2) is 51.1 Å². The topological polar surface area (TPSA) is 99.4 Å². The lowest BCUT2D eigenvalue weighted by Crippen LogP contribution is -2.25. The highest BCUT2D eigenvalue weighted by Crippen LogP contribution is 2.17. The van der Waals surface area contributed by atoms with Crippen molar-refractivity contribution >= 4 is 5.97 Å². The van der Waals surface area contributed by atoms with Crippen LogP contribution in [0, 0.1) is 5.82 Å². The van der Waals surface area contributed by atoms with E-state index in [0.717, 1.165) is 6.07 Å². The van der Waals surface area contributed by atoms with E-state index in [1.807, 2.05) is 0 Å². The fourth-order valence-corrected chi connectivity index (χ4v) is 1.57. The predicted molar refractivity (Wildman–Crippen MR) is 67.1 cm³/mol. The Morgan fingerprint density at radius 3 is 2.95 bits per heavy atom. The van der Waals surface area contributed by atoms with Gasteiger partial charge in [-0.25, -0.2) is 9.18 Å². The molecular formula is C12H13FN4O4. The quantitative estimate of drug-likeness (QED) is 0.751. The molecule has 0 aliphatic rings. The molecule has 1 heterocycles. The average molecular weight is 296 g/mol. The molecule has 0 unspecified atom stereocenters. The van der Waals surface area contributed by atoms with E-state index >= 15 is 0 Å². The summed E-state index contributed by atoms with van der Waals surface area (Å²) in [6, 6.07) is 3.71.